The van der Waals surface area contributed by atoms with E-state index in [1.807, 2.05) is 49.4 Å². The fraction of sp³-hybridized carbons (Fsp3) is 0.143. The average Bonchev–Trinajstić information content (AvgIpc) is 2.41. The lowest BCUT2D eigenvalue weighted by Crippen LogP contribution is -1.87. The summed E-state index contributed by atoms with van der Waals surface area (Å²) in [6, 6.07) is 13.0. The van der Waals surface area contributed by atoms with Gasteiger partial charge in [-0.1, -0.05) is 6.07 Å². The van der Waals surface area contributed by atoms with Crippen molar-refractivity contribution in [3.05, 3.63) is 48.0 Å². The van der Waals surface area contributed by atoms with E-state index in [-0.39, 0.29) is 0 Å². The molecule has 0 aliphatic heterocycles. The van der Waals surface area contributed by atoms with Crippen LogP contribution in [0.3, 0.4) is 0 Å². The van der Waals surface area contributed by atoms with E-state index in [2.05, 4.69) is 10.2 Å². The molecule has 18 heavy (non-hydrogen) atoms. The lowest BCUT2D eigenvalue weighted by Gasteiger charge is -2.00. The van der Waals surface area contributed by atoms with Gasteiger partial charge in [0.1, 0.15) is 5.75 Å². The van der Waals surface area contributed by atoms with E-state index in [9.17, 15) is 0 Å². The fourth-order valence-corrected chi connectivity index (χ4v) is 1.45. The van der Waals surface area contributed by atoms with E-state index in [1.165, 1.54) is 0 Å². The summed E-state index contributed by atoms with van der Waals surface area (Å²) in [7, 11) is 1.63. The molecule has 0 bridgehead atoms. The highest BCUT2D eigenvalue weighted by Gasteiger charge is 1.96. The minimum atomic E-state index is 0.723. The van der Waals surface area contributed by atoms with Gasteiger partial charge in [0.05, 0.1) is 18.5 Å². The summed E-state index contributed by atoms with van der Waals surface area (Å²) in [5.41, 5.74) is 9.09. The molecule has 0 unspecified atom stereocenters. The van der Waals surface area contributed by atoms with Gasteiger partial charge in [-0.05, 0) is 48.9 Å². The molecule has 0 aromatic heterocycles. The highest BCUT2D eigenvalue weighted by Crippen LogP contribution is 2.23. The molecule has 4 heteroatoms. The quantitative estimate of drug-likeness (QED) is 0.652. The van der Waals surface area contributed by atoms with Crippen molar-refractivity contribution in [2.45, 2.75) is 6.92 Å². The number of aryl methyl sites for hydroxylation is 1. The summed E-state index contributed by atoms with van der Waals surface area (Å²) >= 11 is 0. The Morgan fingerprint density at radius 3 is 2.17 bits per heavy atom. The molecule has 0 saturated heterocycles. The number of benzene rings is 2. The number of hydrogen-bond donors (Lipinski definition) is 1. The summed E-state index contributed by atoms with van der Waals surface area (Å²) in [5, 5.41) is 8.27. The monoisotopic (exact) mass is 241 g/mol. The van der Waals surface area contributed by atoms with Crippen molar-refractivity contribution in [2.24, 2.45) is 10.2 Å². The van der Waals surface area contributed by atoms with Gasteiger partial charge in [0.2, 0.25) is 0 Å². The number of ether oxygens (including phenoxy) is 1. The summed E-state index contributed by atoms with van der Waals surface area (Å²) in [5.74, 6) is 0.800. The van der Waals surface area contributed by atoms with Gasteiger partial charge >= 0.3 is 0 Å². The van der Waals surface area contributed by atoms with Gasteiger partial charge in [-0.15, -0.1) is 0 Å². The van der Waals surface area contributed by atoms with Crippen LogP contribution in [-0.4, -0.2) is 7.11 Å². The molecule has 4 nitrogen and oxygen atoms in total. The van der Waals surface area contributed by atoms with E-state index in [4.69, 9.17) is 10.5 Å². The fourth-order valence-electron chi connectivity index (χ4n) is 1.45. The Hall–Kier alpha value is -2.36. The largest absolute Gasteiger partial charge is 0.497 e. The predicted octanol–water partition coefficient (Wildman–Crippen LogP) is 4.00. The van der Waals surface area contributed by atoms with Gasteiger partial charge < -0.3 is 10.5 Å². The van der Waals surface area contributed by atoms with Crippen molar-refractivity contribution in [3.8, 4) is 5.75 Å². The molecule has 2 aromatic carbocycles. The van der Waals surface area contributed by atoms with E-state index < -0.39 is 0 Å². The first-order chi connectivity index (χ1) is 8.69. The maximum atomic E-state index is 5.81. The Bertz CT molecular complexity index is 562. The number of hydrogen-bond acceptors (Lipinski definition) is 4. The zero-order valence-corrected chi connectivity index (χ0v) is 10.4. The Morgan fingerprint density at radius 2 is 1.56 bits per heavy atom. The summed E-state index contributed by atoms with van der Waals surface area (Å²) in [6.45, 7) is 1.96. The molecule has 0 aliphatic rings. The summed E-state index contributed by atoms with van der Waals surface area (Å²) in [6.07, 6.45) is 0. The molecular formula is C14H15N3O. The van der Waals surface area contributed by atoms with Crippen LogP contribution in [0.1, 0.15) is 5.56 Å². The first kappa shape index (κ1) is 12.1. The zero-order valence-electron chi connectivity index (χ0n) is 10.4. The third kappa shape index (κ3) is 2.85. The zero-order chi connectivity index (χ0) is 13.0. The molecule has 92 valence electrons. The van der Waals surface area contributed by atoms with Crippen molar-refractivity contribution in [3.63, 3.8) is 0 Å². The van der Waals surface area contributed by atoms with Crippen LogP contribution in [0.4, 0.5) is 17.1 Å². The van der Waals surface area contributed by atoms with Gasteiger partial charge in [-0.2, -0.15) is 10.2 Å². The summed E-state index contributed by atoms with van der Waals surface area (Å²) < 4.78 is 5.07. The van der Waals surface area contributed by atoms with Crippen molar-refractivity contribution in [1.82, 2.24) is 0 Å². The van der Waals surface area contributed by atoms with Crippen molar-refractivity contribution in [1.29, 1.82) is 0 Å². The molecule has 0 spiro atoms. The van der Waals surface area contributed by atoms with Crippen LogP contribution >= 0.6 is 0 Å². The van der Waals surface area contributed by atoms with Crippen LogP contribution in [0.25, 0.3) is 0 Å². The number of nitrogen functional groups attached to an aromatic ring is 1. The molecule has 2 aromatic rings. The number of azo groups is 1. The van der Waals surface area contributed by atoms with Gasteiger partial charge in [0.25, 0.3) is 0 Å². The Morgan fingerprint density at radius 1 is 0.944 bits per heavy atom. The second-order valence-corrected chi connectivity index (χ2v) is 3.94. The van der Waals surface area contributed by atoms with Crippen LogP contribution in [-0.2, 0) is 0 Å². The number of methoxy groups -OCH3 is 1. The molecule has 0 saturated carbocycles. The van der Waals surface area contributed by atoms with E-state index >= 15 is 0 Å². The highest BCUT2D eigenvalue weighted by atomic mass is 16.5. The average molecular weight is 241 g/mol. The van der Waals surface area contributed by atoms with Crippen LogP contribution in [0.5, 0.6) is 5.75 Å². The second kappa shape index (κ2) is 5.31. The van der Waals surface area contributed by atoms with Crippen LogP contribution < -0.4 is 10.5 Å². The standard InChI is InChI=1S/C14H15N3O/c1-10-3-4-12(9-14(10)15)17-16-11-5-7-13(18-2)8-6-11/h3-9H,15H2,1-2H3. The smallest absolute Gasteiger partial charge is 0.119 e. The van der Waals surface area contributed by atoms with E-state index in [0.29, 0.717) is 0 Å². The molecule has 2 N–H and O–H groups in total. The normalized spacial score (nSPS) is 10.8. The number of nitrogens with zero attached hydrogens (tertiary/aromatic N) is 2. The van der Waals surface area contributed by atoms with Crippen molar-refractivity contribution in [2.75, 3.05) is 12.8 Å². The number of nitrogens with two attached hydrogens (primary N) is 1. The van der Waals surface area contributed by atoms with E-state index in [0.717, 1.165) is 28.4 Å². The maximum Gasteiger partial charge on any atom is 0.119 e. The van der Waals surface area contributed by atoms with Gasteiger partial charge in [-0.3, -0.25) is 0 Å². The van der Waals surface area contributed by atoms with Crippen molar-refractivity contribution >= 4 is 17.1 Å². The van der Waals surface area contributed by atoms with Gasteiger partial charge in [0.15, 0.2) is 0 Å². The third-order valence-corrected chi connectivity index (χ3v) is 2.62. The third-order valence-electron chi connectivity index (χ3n) is 2.62. The van der Waals surface area contributed by atoms with Crippen LogP contribution in [0.2, 0.25) is 0 Å². The van der Waals surface area contributed by atoms with Crippen LogP contribution in [0, 0.1) is 6.92 Å². The molecule has 0 radical (unpaired) electrons. The minimum Gasteiger partial charge on any atom is -0.497 e. The second-order valence-electron chi connectivity index (χ2n) is 3.94. The maximum absolute atomic E-state index is 5.81. The van der Waals surface area contributed by atoms with Gasteiger partial charge in [-0.25, -0.2) is 0 Å². The lowest BCUT2D eigenvalue weighted by atomic mass is 10.2. The van der Waals surface area contributed by atoms with Gasteiger partial charge in [0, 0.05) is 5.69 Å². The summed E-state index contributed by atoms with van der Waals surface area (Å²) in [4.78, 5) is 0. The number of anilines is 1. The molecular weight excluding hydrogens is 226 g/mol. The first-order valence-electron chi connectivity index (χ1n) is 5.61. The molecule has 0 heterocycles. The molecule has 0 aliphatic carbocycles. The molecule has 0 amide bonds. The lowest BCUT2D eigenvalue weighted by molar-refractivity contribution is 0.415. The number of rotatable bonds is 3. The SMILES string of the molecule is COc1ccc(N=Nc2ccc(C)c(N)c2)cc1. The molecule has 2 rings (SSSR count). The van der Waals surface area contributed by atoms with E-state index in [1.54, 1.807) is 7.11 Å². The Balaban J connectivity index is 2.16. The topological polar surface area (TPSA) is 60.0 Å². The minimum absolute atomic E-state index is 0.723. The molecule has 0 atom stereocenters. The Kier molecular flexibility index (Phi) is 3.57. The molecule has 0 fully saturated rings. The van der Waals surface area contributed by atoms with Crippen LogP contribution in [0.15, 0.2) is 52.7 Å². The first-order valence-corrected chi connectivity index (χ1v) is 5.61. The highest BCUT2D eigenvalue weighted by molar-refractivity contribution is 5.55. The van der Waals surface area contributed by atoms with Crippen molar-refractivity contribution < 1.29 is 4.74 Å². The Labute approximate surface area is 106 Å². The predicted molar refractivity (Wildman–Crippen MR) is 72.8 cm³/mol.